The van der Waals surface area contributed by atoms with Gasteiger partial charge < -0.3 is 14.9 Å². The van der Waals surface area contributed by atoms with E-state index in [0.717, 1.165) is 44.1 Å². The third-order valence-corrected chi connectivity index (χ3v) is 8.98. The molecule has 0 bridgehead atoms. The summed E-state index contributed by atoms with van der Waals surface area (Å²) in [4.78, 5) is 11.6. The Morgan fingerprint density at radius 1 is 0.561 bits per heavy atom. The lowest BCUT2D eigenvalue weighted by Crippen LogP contribution is -2.25. The van der Waals surface area contributed by atoms with Crippen LogP contribution in [-0.4, -0.2) is 34.5 Å². The second-order valence-electron chi connectivity index (χ2n) is 13.1. The van der Waals surface area contributed by atoms with Crippen LogP contribution in [0.15, 0.2) is 11.6 Å². The molecule has 4 nitrogen and oxygen atoms in total. The van der Waals surface area contributed by atoms with E-state index in [-0.39, 0.29) is 12.1 Å². The zero-order valence-corrected chi connectivity index (χ0v) is 27.5. The summed E-state index contributed by atoms with van der Waals surface area (Å²) in [7, 11) is 0. The van der Waals surface area contributed by atoms with Gasteiger partial charge in [0.25, 0.3) is 0 Å². The topological polar surface area (TPSA) is 66.8 Å². The van der Waals surface area contributed by atoms with Crippen LogP contribution in [0.2, 0.25) is 0 Å². The minimum Gasteiger partial charge on any atom is -0.455 e. The van der Waals surface area contributed by atoms with Crippen molar-refractivity contribution in [2.45, 2.75) is 218 Å². The van der Waals surface area contributed by atoms with Crippen LogP contribution in [0.3, 0.4) is 0 Å². The van der Waals surface area contributed by atoms with Crippen LogP contribution in [0.5, 0.6) is 0 Å². The van der Waals surface area contributed by atoms with E-state index in [2.05, 4.69) is 6.92 Å². The number of ether oxygens (including phenoxy) is 1. The van der Waals surface area contributed by atoms with E-state index in [4.69, 9.17) is 4.74 Å². The van der Waals surface area contributed by atoms with Crippen LogP contribution in [0.1, 0.15) is 200 Å². The highest BCUT2D eigenvalue weighted by atomic mass is 16.5. The fourth-order valence-electron chi connectivity index (χ4n) is 6.18. The monoisotopic (exact) mass is 579 g/mol. The van der Waals surface area contributed by atoms with Gasteiger partial charge in [0.2, 0.25) is 0 Å². The number of hydrogen-bond acceptors (Lipinski definition) is 4. The molecule has 1 aliphatic rings. The molecular weight excluding hydrogens is 508 g/mol. The Hall–Kier alpha value is -0.870. The van der Waals surface area contributed by atoms with Gasteiger partial charge in [0, 0.05) is 5.57 Å². The summed E-state index contributed by atoms with van der Waals surface area (Å²) < 4.78 is 5.15. The van der Waals surface area contributed by atoms with Gasteiger partial charge in [-0.2, -0.15) is 0 Å². The minimum atomic E-state index is -0.538. The number of aliphatic hydroxyl groups is 2. The van der Waals surface area contributed by atoms with E-state index >= 15 is 0 Å². The van der Waals surface area contributed by atoms with Gasteiger partial charge in [-0.1, -0.05) is 167 Å². The predicted octanol–water partition coefficient (Wildman–Crippen LogP) is 10.9. The molecule has 0 amide bonds. The maximum absolute atomic E-state index is 11.6. The molecule has 4 heteroatoms. The molecular formula is C37H70O4. The zero-order chi connectivity index (χ0) is 29.8. The van der Waals surface area contributed by atoms with Gasteiger partial charge in [-0.05, 0) is 38.7 Å². The zero-order valence-electron chi connectivity index (χ0n) is 27.5. The standard InChI is InChI=1S/C37H70O4/c1-3-4-5-6-7-8-9-10-11-15-18-21-24-27-30-35(38)36(39)31-28-25-22-19-16-13-12-14-17-20-23-26-29-34-32-33(2)41-37(34)40/h32-33,35-36,38-39H,3-31H2,1-2H3/t33-,35+,36+/m0/s1. The molecule has 1 heterocycles. The van der Waals surface area contributed by atoms with E-state index in [9.17, 15) is 15.0 Å². The fraction of sp³-hybridized carbons (Fsp3) is 0.919. The summed E-state index contributed by atoms with van der Waals surface area (Å²) in [6.45, 7) is 4.20. The Balaban J connectivity index is 1.76. The van der Waals surface area contributed by atoms with Gasteiger partial charge in [-0.25, -0.2) is 4.79 Å². The number of esters is 1. The molecule has 242 valence electrons. The molecule has 0 radical (unpaired) electrons. The number of carbonyl (C=O) groups excluding carboxylic acids is 1. The highest BCUT2D eigenvalue weighted by Crippen LogP contribution is 2.21. The first-order chi connectivity index (χ1) is 20.0. The van der Waals surface area contributed by atoms with Crippen molar-refractivity contribution in [3.8, 4) is 0 Å². The van der Waals surface area contributed by atoms with Crippen LogP contribution in [0, 0.1) is 0 Å². The molecule has 0 saturated heterocycles. The molecule has 41 heavy (non-hydrogen) atoms. The maximum Gasteiger partial charge on any atom is 0.334 e. The molecule has 0 aromatic rings. The van der Waals surface area contributed by atoms with Crippen molar-refractivity contribution in [2.24, 2.45) is 0 Å². The van der Waals surface area contributed by atoms with Gasteiger partial charge in [-0.15, -0.1) is 0 Å². The van der Waals surface area contributed by atoms with Gasteiger partial charge in [-0.3, -0.25) is 0 Å². The Morgan fingerprint density at radius 2 is 0.878 bits per heavy atom. The van der Waals surface area contributed by atoms with Crippen molar-refractivity contribution >= 4 is 5.97 Å². The summed E-state index contributed by atoms with van der Waals surface area (Å²) in [5.74, 6) is -0.110. The fourth-order valence-corrected chi connectivity index (χ4v) is 6.18. The van der Waals surface area contributed by atoms with Crippen LogP contribution >= 0.6 is 0 Å². The number of aliphatic hydroxyl groups excluding tert-OH is 2. The quantitative estimate of drug-likeness (QED) is 0.0634. The summed E-state index contributed by atoms with van der Waals surface area (Å²) >= 11 is 0. The highest BCUT2D eigenvalue weighted by Gasteiger charge is 2.21. The van der Waals surface area contributed by atoms with Crippen LogP contribution in [0.25, 0.3) is 0 Å². The summed E-state index contributed by atoms with van der Waals surface area (Å²) in [5.41, 5.74) is 0.878. The Bertz CT molecular complexity index is 616. The molecule has 0 spiro atoms. The van der Waals surface area contributed by atoms with Crippen LogP contribution in [-0.2, 0) is 9.53 Å². The molecule has 0 aliphatic carbocycles. The Labute approximate surface area is 255 Å². The average Bonchev–Trinajstić information content (AvgIpc) is 3.29. The summed E-state index contributed by atoms with van der Waals surface area (Å²) in [6.07, 6.45) is 37.0. The first-order valence-electron chi connectivity index (χ1n) is 18.3. The summed E-state index contributed by atoms with van der Waals surface area (Å²) in [5, 5.41) is 20.6. The first kappa shape index (κ1) is 38.2. The van der Waals surface area contributed by atoms with Crippen LogP contribution < -0.4 is 0 Å². The maximum atomic E-state index is 11.6. The van der Waals surface area contributed by atoms with Gasteiger partial charge in [0.05, 0.1) is 12.2 Å². The second-order valence-corrected chi connectivity index (χ2v) is 13.1. The van der Waals surface area contributed by atoms with E-state index < -0.39 is 12.2 Å². The van der Waals surface area contributed by atoms with Crippen molar-refractivity contribution < 1.29 is 19.7 Å². The SMILES string of the molecule is CCCCCCCCCCCCCCCC[C@@H](O)[C@H](O)CCCCCCCCCCCCCCC1=C[C@H](C)OC1=O. The van der Waals surface area contributed by atoms with E-state index in [1.165, 1.54) is 148 Å². The van der Waals surface area contributed by atoms with E-state index in [1.54, 1.807) is 0 Å². The molecule has 0 aromatic heterocycles. The Kier molecular flexibility index (Phi) is 26.0. The lowest BCUT2D eigenvalue weighted by atomic mass is 9.99. The molecule has 0 fully saturated rings. The average molecular weight is 579 g/mol. The largest absolute Gasteiger partial charge is 0.455 e. The molecule has 2 N–H and O–H groups in total. The number of hydrogen-bond donors (Lipinski definition) is 2. The Morgan fingerprint density at radius 3 is 1.20 bits per heavy atom. The van der Waals surface area contributed by atoms with E-state index in [0.29, 0.717) is 0 Å². The smallest absolute Gasteiger partial charge is 0.334 e. The number of carbonyl (C=O) groups is 1. The predicted molar refractivity (Wildman–Crippen MR) is 175 cm³/mol. The molecule has 1 rings (SSSR count). The number of unbranched alkanes of at least 4 members (excludes halogenated alkanes) is 24. The molecule has 0 unspecified atom stereocenters. The van der Waals surface area contributed by atoms with Crippen molar-refractivity contribution in [1.82, 2.24) is 0 Å². The van der Waals surface area contributed by atoms with Crippen molar-refractivity contribution in [1.29, 1.82) is 0 Å². The molecule has 1 aliphatic heterocycles. The van der Waals surface area contributed by atoms with Crippen molar-refractivity contribution in [3.05, 3.63) is 11.6 Å². The minimum absolute atomic E-state index is 0.0365. The molecule has 0 aromatic carbocycles. The molecule has 3 atom stereocenters. The van der Waals surface area contributed by atoms with Crippen LogP contribution in [0.4, 0.5) is 0 Å². The van der Waals surface area contributed by atoms with Crippen molar-refractivity contribution in [2.75, 3.05) is 0 Å². The normalized spacial score (nSPS) is 16.6. The number of rotatable bonds is 31. The number of cyclic esters (lactones) is 1. The third-order valence-electron chi connectivity index (χ3n) is 8.98. The second kappa shape index (κ2) is 27.9. The third kappa shape index (κ3) is 23.3. The van der Waals surface area contributed by atoms with Gasteiger partial charge in [0.1, 0.15) is 6.10 Å². The van der Waals surface area contributed by atoms with Gasteiger partial charge in [0.15, 0.2) is 0 Å². The summed E-state index contributed by atoms with van der Waals surface area (Å²) in [6, 6.07) is 0. The lowest BCUT2D eigenvalue weighted by Gasteiger charge is -2.17. The highest BCUT2D eigenvalue weighted by molar-refractivity contribution is 5.90. The molecule has 0 saturated carbocycles. The van der Waals surface area contributed by atoms with Crippen molar-refractivity contribution in [3.63, 3.8) is 0 Å². The lowest BCUT2D eigenvalue weighted by molar-refractivity contribution is -0.139. The van der Waals surface area contributed by atoms with Gasteiger partial charge >= 0.3 is 5.97 Å². The van der Waals surface area contributed by atoms with E-state index in [1.807, 2.05) is 13.0 Å². The first-order valence-corrected chi connectivity index (χ1v) is 18.3.